The Balaban J connectivity index is 1.47. The van der Waals surface area contributed by atoms with Crippen molar-refractivity contribution in [2.75, 3.05) is 18.4 Å². The first-order valence-corrected chi connectivity index (χ1v) is 11.5. The molecule has 0 spiro atoms. The third-order valence-corrected chi connectivity index (χ3v) is 7.42. The first kappa shape index (κ1) is 19.2. The maximum Gasteiger partial charge on any atom is 0.240 e. The molecule has 9 heteroatoms. The van der Waals surface area contributed by atoms with Crippen molar-refractivity contribution in [1.82, 2.24) is 14.7 Å². The number of sulfonamides is 1. The van der Waals surface area contributed by atoms with Crippen LogP contribution in [-0.2, 0) is 22.9 Å². The molecule has 3 aromatic rings. The summed E-state index contributed by atoms with van der Waals surface area (Å²) < 4.78 is 40.1. The van der Waals surface area contributed by atoms with E-state index >= 15 is 0 Å². The molecule has 2 N–H and O–H groups in total. The number of hydrogen-bond donors (Lipinski definition) is 2. The molecule has 0 radical (unpaired) electrons. The summed E-state index contributed by atoms with van der Waals surface area (Å²) in [5, 5.41) is 4.34. The Morgan fingerprint density at radius 1 is 1.11 bits per heavy atom. The summed E-state index contributed by atoms with van der Waals surface area (Å²) in [7, 11) is -3.67. The Hall–Kier alpha value is -2.10. The van der Waals surface area contributed by atoms with Gasteiger partial charge >= 0.3 is 0 Å². The van der Waals surface area contributed by atoms with Crippen molar-refractivity contribution in [2.45, 2.75) is 37.5 Å². The van der Waals surface area contributed by atoms with Crippen molar-refractivity contribution in [2.24, 2.45) is 0 Å². The average molecular weight is 421 g/mol. The number of halogens is 1. The van der Waals surface area contributed by atoms with Gasteiger partial charge in [0.1, 0.15) is 22.3 Å². The van der Waals surface area contributed by atoms with Crippen LogP contribution >= 0.6 is 11.3 Å². The molecule has 2 heterocycles. The molecule has 1 aliphatic carbocycles. The number of rotatable bonds is 6. The van der Waals surface area contributed by atoms with E-state index < -0.39 is 15.8 Å². The fourth-order valence-corrected chi connectivity index (χ4v) is 5.79. The molecule has 0 saturated carbocycles. The van der Waals surface area contributed by atoms with Gasteiger partial charge in [-0.05, 0) is 62.4 Å². The van der Waals surface area contributed by atoms with Crippen LogP contribution in [0.4, 0.5) is 10.2 Å². The van der Waals surface area contributed by atoms with Gasteiger partial charge in [-0.25, -0.2) is 27.5 Å². The third-order valence-electron chi connectivity index (χ3n) is 4.76. The average Bonchev–Trinajstić information content (AvgIpc) is 3.03. The maximum atomic E-state index is 13.0. The number of aryl methyl sites for hydroxylation is 3. The lowest BCUT2D eigenvalue weighted by molar-refractivity contribution is 0.582. The third kappa shape index (κ3) is 3.87. The van der Waals surface area contributed by atoms with E-state index in [1.54, 1.807) is 11.3 Å². The topological polar surface area (TPSA) is 84.0 Å². The summed E-state index contributed by atoms with van der Waals surface area (Å²) >= 11 is 1.74. The highest BCUT2D eigenvalue weighted by Crippen LogP contribution is 2.38. The zero-order chi connectivity index (χ0) is 19.7. The molecule has 4 rings (SSSR count). The first-order valence-electron chi connectivity index (χ1n) is 9.22. The number of anilines is 1. The number of fused-ring (bicyclic) bond motifs is 3. The summed E-state index contributed by atoms with van der Waals surface area (Å²) in [6.07, 6.45) is 4.50. The van der Waals surface area contributed by atoms with Crippen molar-refractivity contribution in [1.29, 1.82) is 0 Å². The van der Waals surface area contributed by atoms with Crippen molar-refractivity contribution in [3.63, 3.8) is 0 Å². The van der Waals surface area contributed by atoms with Crippen LogP contribution in [-0.4, -0.2) is 31.5 Å². The lowest BCUT2D eigenvalue weighted by Gasteiger charge is -2.13. The lowest BCUT2D eigenvalue weighted by Crippen LogP contribution is -2.29. The number of aromatic nitrogens is 2. The number of nitrogens with one attached hydrogen (secondary N) is 2. The minimum absolute atomic E-state index is 0.0427. The maximum absolute atomic E-state index is 13.0. The van der Waals surface area contributed by atoms with E-state index in [-0.39, 0.29) is 11.4 Å². The van der Waals surface area contributed by atoms with E-state index in [0.717, 1.165) is 41.0 Å². The highest BCUT2D eigenvalue weighted by Gasteiger charge is 2.20. The predicted octanol–water partition coefficient (Wildman–Crippen LogP) is 3.41. The summed E-state index contributed by atoms with van der Waals surface area (Å²) in [4.78, 5) is 11.6. The van der Waals surface area contributed by atoms with Crippen molar-refractivity contribution >= 4 is 37.4 Å². The monoisotopic (exact) mass is 420 g/mol. The van der Waals surface area contributed by atoms with E-state index in [0.29, 0.717) is 12.4 Å². The zero-order valence-corrected chi connectivity index (χ0v) is 17.1. The van der Waals surface area contributed by atoms with Gasteiger partial charge in [0, 0.05) is 18.0 Å². The summed E-state index contributed by atoms with van der Waals surface area (Å²) in [6, 6.07) is 4.76. The molecule has 0 bridgehead atoms. The second-order valence-electron chi connectivity index (χ2n) is 6.79. The van der Waals surface area contributed by atoms with Gasteiger partial charge in [0.15, 0.2) is 0 Å². The Kier molecular flexibility index (Phi) is 5.31. The molecule has 28 heavy (non-hydrogen) atoms. The minimum atomic E-state index is -3.67. The van der Waals surface area contributed by atoms with Crippen molar-refractivity contribution in [3.05, 3.63) is 46.3 Å². The van der Waals surface area contributed by atoms with Gasteiger partial charge in [0.2, 0.25) is 10.0 Å². The standard InChI is InChI=1S/C19H21FN4O2S2/c1-12-23-18(17-15-4-2-3-5-16(15)27-19(17)24-12)21-10-11-22-28(25,26)14-8-6-13(20)7-9-14/h6-9,22H,2-5,10-11H2,1H3,(H,21,23,24). The highest BCUT2D eigenvalue weighted by molar-refractivity contribution is 7.89. The molecule has 0 unspecified atom stereocenters. The van der Waals surface area contributed by atoms with E-state index in [1.165, 1.54) is 35.4 Å². The Morgan fingerprint density at radius 3 is 2.64 bits per heavy atom. The van der Waals surface area contributed by atoms with Gasteiger partial charge in [-0.15, -0.1) is 11.3 Å². The second kappa shape index (κ2) is 7.73. The molecule has 6 nitrogen and oxygen atoms in total. The molecule has 1 aliphatic rings. The molecule has 0 fully saturated rings. The molecule has 0 atom stereocenters. The fourth-order valence-electron chi connectivity index (χ4n) is 3.46. The lowest BCUT2D eigenvalue weighted by atomic mass is 9.97. The van der Waals surface area contributed by atoms with Gasteiger partial charge in [0.25, 0.3) is 0 Å². The molecule has 1 aromatic carbocycles. The normalized spacial score (nSPS) is 14.2. The van der Waals surface area contributed by atoms with Crippen LogP contribution in [0.5, 0.6) is 0 Å². The highest BCUT2D eigenvalue weighted by atomic mass is 32.2. The van der Waals surface area contributed by atoms with Gasteiger partial charge in [-0.3, -0.25) is 0 Å². The van der Waals surface area contributed by atoms with Gasteiger partial charge in [0.05, 0.1) is 10.3 Å². The molecular weight excluding hydrogens is 399 g/mol. The van der Waals surface area contributed by atoms with Gasteiger partial charge in [-0.1, -0.05) is 0 Å². The van der Waals surface area contributed by atoms with Crippen LogP contribution in [0.15, 0.2) is 29.2 Å². The smallest absolute Gasteiger partial charge is 0.240 e. The second-order valence-corrected chi connectivity index (χ2v) is 9.64. The van der Waals surface area contributed by atoms with Gasteiger partial charge in [-0.2, -0.15) is 0 Å². The summed E-state index contributed by atoms with van der Waals surface area (Å²) in [5.74, 6) is 0.992. The number of hydrogen-bond acceptors (Lipinski definition) is 6. The van der Waals surface area contributed by atoms with Crippen LogP contribution in [0.25, 0.3) is 10.2 Å². The molecule has 2 aromatic heterocycles. The first-order chi connectivity index (χ1) is 13.4. The van der Waals surface area contributed by atoms with E-state index in [1.807, 2.05) is 6.92 Å². The zero-order valence-electron chi connectivity index (χ0n) is 15.5. The Bertz CT molecular complexity index is 1110. The van der Waals surface area contributed by atoms with Crippen molar-refractivity contribution < 1.29 is 12.8 Å². The summed E-state index contributed by atoms with van der Waals surface area (Å²) in [5.41, 5.74) is 1.33. The molecule has 148 valence electrons. The van der Waals surface area contributed by atoms with Crippen LogP contribution in [0.2, 0.25) is 0 Å². The van der Waals surface area contributed by atoms with Gasteiger partial charge < -0.3 is 5.32 Å². The number of thiophene rings is 1. The molecule has 0 amide bonds. The SMILES string of the molecule is Cc1nc(NCCNS(=O)(=O)c2ccc(F)cc2)c2c3c(sc2n1)CCCC3. The fraction of sp³-hybridized carbons (Fsp3) is 0.368. The molecular formula is C19H21FN4O2S2. The minimum Gasteiger partial charge on any atom is -0.368 e. The van der Waals surface area contributed by atoms with Crippen LogP contribution < -0.4 is 10.0 Å². The van der Waals surface area contributed by atoms with E-state index in [9.17, 15) is 12.8 Å². The van der Waals surface area contributed by atoms with E-state index in [4.69, 9.17) is 0 Å². The summed E-state index contributed by atoms with van der Waals surface area (Å²) in [6.45, 7) is 2.44. The Morgan fingerprint density at radius 2 is 1.86 bits per heavy atom. The molecule has 0 saturated heterocycles. The van der Waals surface area contributed by atoms with Crippen LogP contribution in [0.3, 0.4) is 0 Å². The van der Waals surface area contributed by atoms with Crippen LogP contribution in [0.1, 0.15) is 29.1 Å². The quantitative estimate of drug-likeness (QED) is 0.597. The predicted molar refractivity (Wildman–Crippen MR) is 109 cm³/mol. The van der Waals surface area contributed by atoms with Crippen LogP contribution in [0, 0.1) is 12.7 Å². The van der Waals surface area contributed by atoms with Crippen molar-refractivity contribution in [3.8, 4) is 0 Å². The molecule has 0 aliphatic heterocycles. The largest absolute Gasteiger partial charge is 0.368 e. The van der Waals surface area contributed by atoms with E-state index in [2.05, 4.69) is 20.0 Å². The number of benzene rings is 1. The Labute approximate surface area is 167 Å². The number of nitrogens with zero attached hydrogens (tertiary/aromatic N) is 2.